The lowest BCUT2D eigenvalue weighted by Crippen LogP contribution is -2.51. The second-order valence-corrected chi connectivity index (χ2v) is 7.47. The maximum Gasteiger partial charge on any atom is 0.272 e. The van der Waals surface area contributed by atoms with E-state index in [9.17, 15) is 4.79 Å². The van der Waals surface area contributed by atoms with Crippen LogP contribution in [0.15, 0.2) is 24.3 Å². The van der Waals surface area contributed by atoms with Crippen LogP contribution in [0, 0.1) is 6.92 Å². The number of hydrogen-bond donors (Lipinski definition) is 2. The van der Waals surface area contributed by atoms with Gasteiger partial charge < -0.3 is 11.1 Å². The first-order valence-corrected chi connectivity index (χ1v) is 9.33. The van der Waals surface area contributed by atoms with Gasteiger partial charge in [-0.2, -0.15) is 5.10 Å². The van der Waals surface area contributed by atoms with Gasteiger partial charge in [-0.25, -0.2) is 4.68 Å². The molecule has 1 heterocycles. The van der Waals surface area contributed by atoms with Gasteiger partial charge in [0.25, 0.3) is 5.91 Å². The summed E-state index contributed by atoms with van der Waals surface area (Å²) in [6.45, 7) is 2.58. The number of aromatic nitrogens is 2. The van der Waals surface area contributed by atoms with E-state index in [0.29, 0.717) is 12.2 Å². The largest absolute Gasteiger partial charge is 0.344 e. The summed E-state index contributed by atoms with van der Waals surface area (Å²) >= 11 is 0. The molecule has 1 aromatic carbocycles. The quantitative estimate of drug-likeness (QED) is 0.900. The zero-order valence-corrected chi connectivity index (χ0v) is 14.8. The Hall–Kier alpha value is -2.14. The van der Waals surface area contributed by atoms with Crippen molar-refractivity contribution in [3.05, 3.63) is 46.8 Å². The van der Waals surface area contributed by atoms with Crippen LogP contribution in [0.2, 0.25) is 0 Å². The van der Waals surface area contributed by atoms with Gasteiger partial charge in [0.2, 0.25) is 0 Å². The topological polar surface area (TPSA) is 72.9 Å². The average Bonchev–Trinajstić information content (AvgIpc) is 3.32. The normalized spacial score (nSPS) is 18.3. The van der Waals surface area contributed by atoms with Crippen molar-refractivity contribution in [3.63, 3.8) is 0 Å². The Morgan fingerprint density at radius 3 is 2.72 bits per heavy atom. The summed E-state index contributed by atoms with van der Waals surface area (Å²) in [5, 5.41) is 7.96. The van der Waals surface area contributed by atoms with Crippen molar-refractivity contribution in [3.8, 4) is 5.69 Å². The standard InChI is InChI=1S/C20H26N4O/c1-14-7-2-3-9-16(14)24-17-10-6-8-15(17)18(23-24)19(25)22-20(13-21)11-4-5-12-20/h2-3,7,9H,4-6,8,10-13,21H2,1H3,(H,22,25). The van der Waals surface area contributed by atoms with Crippen LogP contribution in [-0.2, 0) is 12.8 Å². The number of nitrogens with two attached hydrogens (primary N) is 1. The fourth-order valence-corrected chi connectivity index (χ4v) is 4.35. The van der Waals surface area contributed by atoms with E-state index in [4.69, 9.17) is 10.8 Å². The number of nitrogens with one attached hydrogen (secondary N) is 1. The summed E-state index contributed by atoms with van der Waals surface area (Å²) in [6, 6.07) is 8.20. The van der Waals surface area contributed by atoms with E-state index in [-0.39, 0.29) is 11.4 Å². The van der Waals surface area contributed by atoms with E-state index >= 15 is 0 Å². The van der Waals surface area contributed by atoms with Gasteiger partial charge >= 0.3 is 0 Å². The number of nitrogens with zero attached hydrogens (tertiary/aromatic N) is 2. The third-order valence-electron chi connectivity index (χ3n) is 5.82. The Morgan fingerprint density at radius 1 is 1.24 bits per heavy atom. The minimum atomic E-state index is -0.241. The first kappa shape index (κ1) is 16.3. The van der Waals surface area contributed by atoms with Gasteiger partial charge in [-0.05, 0) is 50.7 Å². The first-order chi connectivity index (χ1) is 12.1. The Kier molecular flexibility index (Phi) is 4.12. The molecule has 0 saturated heterocycles. The second-order valence-electron chi connectivity index (χ2n) is 7.47. The molecular formula is C20H26N4O. The molecule has 25 heavy (non-hydrogen) atoms. The number of para-hydroxylation sites is 1. The maximum absolute atomic E-state index is 13.0. The Morgan fingerprint density at radius 2 is 2.00 bits per heavy atom. The summed E-state index contributed by atoms with van der Waals surface area (Å²) in [7, 11) is 0. The molecule has 4 rings (SSSR count). The molecule has 1 aromatic heterocycles. The number of rotatable bonds is 4. The highest BCUT2D eigenvalue weighted by molar-refractivity contribution is 5.95. The van der Waals surface area contributed by atoms with Crippen molar-refractivity contribution >= 4 is 5.91 Å². The summed E-state index contributed by atoms with van der Waals surface area (Å²) in [4.78, 5) is 13.0. The monoisotopic (exact) mass is 338 g/mol. The molecule has 1 fully saturated rings. The molecule has 2 aliphatic rings. The summed E-state index contributed by atoms with van der Waals surface area (Å²) < 4.78 is 1.98. The lowest BCUT2D eigenvalue weighted by molar-refractivity contribution is 0.0896. The van der Waals surface area contributed by atoms with Crippen LogP contribution in [0.4, 0.5) is 0 Å². The molecule has 5 nitrogen and oxygen atoms in total. The Bertz CT molecular complexity index is 802. The average molecular weight is 338 g/mol. The second kappa shape index (κ2) is 6.30. The van der Waals surface area contributed by atoms with E-state index in [0.717, 1.165) is 56.2 Å². The third-order valence-corrected chi connectivity index (χ3v) is 5.82. The van der Waals surface area contributed by atoms with Gasteiger partial charge in [0.1, 0.15) is 0 Å². The molecule has 0 spiro atoms. The molecule has 1 amide bonds. The van der Waals surface area contributed by atoms with E-state index in [2.05, 4.69) is 24.4 Å². The van der Waals surface area contributed by atoms with Gasteiger partial charge in [-0.3, -0.25) is 4.79 Å². The molecular weight excluding hydrogens is 312 g/mol. The number of benzene rings is 1. The number of aryl methyl sites for hydroxylation is 1. The fraction of sp³-hybridized carbons (Fsp3) is 0.500. The van der Waals surface area contributed by atoms with Crippen LogP contribution in [-0.4, -0.2) is 27.8 Å². The van der Waals surface area contributed by atoms with Crippen molar-refractivity contribution in [2.75, 3.05) is 6.54 Å². The van der Waals surface area contributed by atoms with E-state index < -0.39 is 0 Å². The predicted molar refractivity (Wildman–Crippen MR) is 98.0 cm³/mol. The van der Waals surface area contributed by atoms with Gasteiger partial charge in [0.15, 0.2) is 5.69 Å². The number of fused-ring (bicyclic) bond motifs is 1. The predicted octanol–water partition coefficient (Wildman–Crippen LogP) is 2.67. The van der Waals surface area contributed by atoms with Crippen LogP contribution in [0.3, 0.4) is 0 Å². The van der Waals surface area contributed by atoms with E-state index in [1.54, 1.807) is 0 Å². The molecule has 1 saturated carbocycles. The molecule has 0 atom stereocenters. The van der Waals surface area contributed by atoms with Crippen LogP contribution in [0.5, 0.6) is 0 Å². The number of carbonyl (C=O) groups excluding carboxylic acids is 1. The number of carbonyl (C=O) groups is 1. The highest BCUT2D eigenvalue weighted by atomic mass is 16.2. The van der Waals surface area contributed by atoms with Gasteiger partial charge in [-0.1, -0.05) is 31.0 Å². The lowest BCUT2D eigenvalue weighted by Gasteiger charge is -2.28. The lowest BCUT2D eigenvalue weighted by atomic mass is 9.97. The van der Waals surface area contributed by atoms with Crippen molar-refractivity contribution < 1.29 is 4.79 Å². The zero-order chi connectivity index (χ0) is 17.4. The molecule has 0 unspecified atom stereocenters. The zero-order valence-electron chi connectivity index (χ0n) is 14.8. The highest BCUT2D eigenvalue weighted by Gasteiger charge is 2.36. The van der Waals surface area contributed by atoms with E-state index in [1.807, 2.05) is 16.8 Å². The van der Waals surface area contributed by atoms with Gasteiger partial charge in [0, 0.05) is 17.8 Å². The minimum absolute atomic E-state index is 0.0576. The maximum atomic E-state index is 13.0. The van der Waals surface area contributed by atoms with Crippen molar-refractivity contribution in [1.29, 1.82) is 0 Å². The molecule has 0 radical (unpaired) electrons. The van der Waals surface area contributed by atoms with Gasteiger partial charge in [0.05, 0.1) is 11.2 Å². The fourth-order valence-electron chi connectivity index (χ4n) is 4.35. The van der Waals surface area contributed by atoms with Crippen molar-refractivity contribution in [1.82, 2.24) is 15.1 Å². The third kappa shape index (κ3) is 2.76. The molecule has 0 aliphatic heterocycles. The summed E-state index contributed by atoms with van der Waals surface area (Å²) in [5.74, 6) is -0.0576. The van der Waals surface area contributed by atoms with Crippen LogP contribution >= 0.6 is 0 Å². The number of amides is 1. The minimum Gasteiger partial charge on any atom is -0.344 e. The number of hydrogen-bond acceptors (Lipinski definition) is 3. The van der Waals surface area contributed by atoms with Crippen LogP contribution in [0.1, 0.15) is 59.4 Å². The smallest absolute Gasteiger partial charge is 0.272 e. The van der Waals surface area contributed by atoms with E-state index in [1.165, 1.54) is 11.3 Å². The molecule has 0 bridgehead atoms. The first-order valence-electron chi connectivity index (χ1n) is 9.33. The SMILES string of the molecule is Cc1ccccc1-n1nc(C(=O)NC2(CN)CCCC2)c2c1CCC2. The van der Waals surface area contributed by atoms with Crippen molar-refractivity contribution in [2.45, 2.75) is 57.4 Å². The van der Waals surface area contributed by atoms with Crippen LogP contribution < -0.4 is 11.1 Å². The molecule has 2 aliphatic carbocycles. The Labute approximate surface area is 148 Å². The molecule has 5 heteroatoms. The summed E-state index contributed by atoms with van der Waals surface area (Å²) in [5.41, 5.74) is 10.9. The summed E-state index contributed by atoms with van der Waals surface area (Å²) in [6.07, 6.45) is 7.19. The van der Waals surface area contributed by atoms with Crippen molar-refractivity contribution in [2.24, 2.45) is 5.73 Å². The van der Waals surface area contributed by atoms with Crippen LogP contribution in [0.25, 0.3) is 5.69 Å². The molecule has 132 valence electrons. The van der Waals surface area contributed by atoms with Gasteiger partial charge in [-0.15, -0.1) is 0 Å². The highest BCUT2D eigenvalue weighted by Crippen LogP contribution is 2.31. The molecule has 2 aromatic rings. The Balaban J connectivity index is 1.70. The molecule has 3 N–H and O–H groups in total.